The van der Waals surface area contributed by atoms with Crippen LogP contribution in [0.15, 0.2) is 12.4 Å². The van der Waals surface area contributed by atoms with Crippen LogP contribution in [0.1, 0.15) is 13.8 Å². The Morgan fingerprint density at radius 3 is 2.20 bits per heavy atom. The molecule has 2 aliphatic rings. The molecule has 0 bridgehead atoms. The second-order valence-electron chi connectivity index (χ2n) is 9.69. The molecule has 3 aromatic rings. The van der Waals surface area contributed by atoms with Crippen LogP contribution in [0.4, 0.5) is 30.9 Å². The Kier molecular flexibility index (Phi) is 8.62. The second-order valence-corrected chi connectivity index (χ2v) is 11.2. The molecule has 0 amide bonds. The van der Waals surface area contributed by atoms with Gasteiger partial charge >= 0.3 is 6.18 Å². The molecule has 0 radical (unpaired) electrons. The molecule has 2 saturated heterocycles. The van der Waals surface area contributed by atoms with E-state index < -0.39 is 22.8 Å². The molecule has 14 nitrogen and oxygen atoms in total. The van der Waals surface area contributed by atoms with Crippen molar-refractivity contribution in [1.82, 2.24) is 34.8 Å². The molecular weight excluding hydrogens is 557 g/mol. The third-order valence-corrected chi connectivity index (χ3v) is 5.97. The number of imidazole rings is 1. The van der Waals surface area contributed by atoms with Gasteiger partial charge in [0.25, 0.3) is 10.1 Å². The molecule has 0 aliphatic carbocycles. The zero-order chi connectivity index (χ0) is 29.2. The van der Waals surface area contributed by atoms with Crippen molar-refractivity contribution in [3.8, 4) is 11.4 Å². The number of morpholine rings is 1. The van der Waals surface area contributed by atoms with E-state index in [2.05, 4.69) is 20.3 Å². The second kappa shape index (κ2) is 11.6. The summed E-state index contributed by atoms with van der Waals surface area (Å²) in [5.74, 6) is 0.973. The van der Waals surface area contributed by atoms with Crippen LogP contribution in [-0.4, -0.2) is 106 Å². The Hall–Kier alpha value is -3.35. The van der Waals surface area contributed by atoms with Crippen molar-refractivity contribution in [3.63, 3.8) is 0 Å². The minimum Gasteiger partial charge on any atom is -0.378 e. The number of hydrogen-bond acceptors (Lipinski definition) is 12. The number of anilines is 3. The first-order chi connectivity index (χ1) is 18.7. The summed E-state index contributed by atoms with van der Waals surface area (Å²) < 4.78 is 73.8. The lowest BCUT2D eigenvalue weighted by atomic mass is 10.1. The van der Waals surface area contributed by atoms with E-state index in [1.165, 1.54) is 12.4 Å². The minimum atomic E-state index is -4.47. The SMILES string of the molecule is CS(=O)(=O)O.C[C@@H]1CN(c2nc3c(N4CCOCC4)nc(-c4cnc(N)nc4)nc3n2CC(F)(F)F)C[C@H](C)N1. The molecule has 2 aliphatic heterocycles. The average molecular weight is 589 g/mol. The predicted octanol–water partition coefficient (Wildman–Crippen LogP) is 0.955. The van der Waals surface area contributed by atoms with E-state index in [9.17, 15) is 21.6 Å². The van der Waals surface area contributed by atoms with Gasteiger partial charge in [-0.1, -0.05) is 0 Å². The predicted molar refractivity (Wildman–Crippen MR) is 142 cm³/mol. The van der Waals surface area contributed by atoms with Crippen LogP contribution >= 0.6 is 0 Å². The summed E-state index contributed by atoms with van der Waals surface area (Å²) in [4.78, 5) is 25.8. The van der Waals surface area contributed by atoms with Crippen molar-refractivity contribution in [2.45, 2.75) is 38.7 Å². The summed E-state index contributed by atoms with van der Waals surface area (Å²) in [6.07, 6.45) is -0.843. The highest BCUT2D eigenvalue weighted by molar-refractivity contribution is 7.85. The molecule has 2 atom stereocenters. The first kappa shape index (κ1) is 29.6. The van der Waals surface area contributed by atoms with Crippen molar-refractivity contribution < 1.29 is 30.9 Å². The Morgan fingerprint density at radius 2 is 1.65 bits per heavy atom. The smallest absolute Gasteiger partial charge is 0.378 e. The van der Waals surface area contributed by atoms with Gasteiger partial charge in [0.1, 0.15) is 6.54 Å². The summed E-state index contributed by atoms with van der Waals surface area (Å²) in [5, 5.41) is 3.40. The lowest BCUT2D eigenvalue weighted by Gasteiger charge is -2.37. The first-order valence-corrected chi connectivity index (χ1v) is 14.2. The Labute approximate surface area is 228 Å². The van der Waals surface area contributed by atoms with Gasteiger partial charge in [0.2, 0.25) is 11.9 Å². The molecule has 220 valence electrons. The van der Waals surface area contributed by atoms with Gasteiger partial charge in [-0.05, 0) is 13.8 Å². The number of nitrogens with zero attached hydrogens (tertiary/aromatic N) is 8. The molecule has 40 heavy (non-hydrogen) atoms. The quantitative estimate of drug-likeness (QED) is 0.368. The van der Waals surface area contributed by atoms with Crippen molar-refractivity contribution >= 4 is 39.0 Å². The molecule has 0 spiro atoms. The molecular formula is C22H31F3N10O4S. The standard InChI is InChI=1S/C21H27F3N10O.CH4O3S/c1-12-9-33(10-13(2)28-12)20-29-15-17(32-3-5-35-6-4-32)30-16(14-7-26-19(25)27-8-14)31-18(15)34(20)11-21(22,23)24;1-5(2,3)4/h7-8,12-13,28H,3-6,9-11H2,1-2H3,(H2,25,26,27);1H3,(H,2,3,4)/t12-,13+;. The molecule has 5 heterocycles. The van der Waals surface area contributed by atoms with Gasteiger partial charge in [-0.3, -0.25) is 9.12 Å². The highest BCUT2D eigenvalue weighted by Gasteiger charge is 2.35. The molecule has 2 fully saturated rings. The largest absolute Gasteiger partial charge is 0.406 e. The number of ether oxygens (including phenoxy) is 1. The van der Waals surface area contributed by atoms with E-state index in [4.69, 9.17) is 25.0 Å². The molecule has 5 rings (SSSR count). The van der Waals surface area contributed by atoms with E-state index in [0.29, 0.717) is 62.5 Å². The molecule has 0 unspecified atom stereocenters. The van der Waals surface area contributed by atoms with Crippen LogP contribution < -0.4 is 20.9 Å². The monoisotopic (exact) mass is 588 g/mol. The molecule has 0 aromatic carbocycles. The zero-order valence-corrected chi connectivity index (χ0v) is 22.9. The fourth-order valence-corrected chi connectivity index (χ4v) is 4.61. The Balaban J connectivity index is 0.000000681. The molecule has 3 aromatic heterocycles. The normalized spacial score (nSPS) is 20.4. The van der Waals surface area contributed by atoms with Gasteiger partial charge in [0.15, 0.2) is 22.8 Å². The van der Waals surface area contributed by atoms with Gasteiger partial charge in [-0.25, -0.2) is 24.9 Å². The number of halogens is 3. The summed E-state index contributed by atoms with van der Waals surface area (Å²) in [5.41, 5.74) is 6.49. The van der Waals surface area contributed by atoms with Crippen molar-refractivity contribution in [2.75, 3.05) is 61.2 Å². The van der Waals surface area contributed by atoms with Gasteiger partial charge < -0.3 is 25.6 Å². The van der Waals surface area contributed by atoms with Gasteiger partial charge in [-0.15, -0.1) is 0 Å². The Bertz CT molecular complexity index is 1410. The number of nitrogens with two attached hydrogens (primary N) is 1. The van der Waals surface area contributed by atoms with Crippen molar-refractivity contribution in [1.29, 1.82) is 0 Å². The van der Waals surface area contributed by atoms with Crippen LogP contribution in [0.25, 0.3) is 22.6 Å². The van der Waals surface area contributed by atoms with Gasteiger partial charge in [0, 0.05) is 50.7 Å². The lowest BCUT2D eigenvalue weighted by molar-refractivity contribution is -0.139. The molecule has 18 heteroatoms. The molecule has 0 saturated carbocycles. The van der Waals surface area contributed by atoms with E-state index in [0.717, 1.165) is 4.57 Å². The maximum Gasteiger partial charge on any atom is 0.406 e. The zero-order valence-electron chi connectivity index (χ0n) is 22.1. The van der Waals surface area contributed by atoms with E-state index in [1.807, 2.05) is 23.6 Å². The fourth-order valence-electron chi connectivity index (χ4n) is 4.61. The summed E-state index contributed by atoms with van der Waals surface area (Å²) in [7, 11) is -3.67. The number of hydrogen-bond donors (Lipinski definition) is 3. The van der Waals surface area contributed by atoms with E-state index in [1.54, 1.807) is 0 Å². The number of piperazine rings is 1. The van der Waals surface area contributed by atoms with Gasteiger partial charge in [-0.2, -0.15) is 21.6 Å². The van der Waals surface area contributed by atoms with E-state index >= 15 is 0 Å². The number of rotatable bonds is 4. The summed E-state index contributed by atoms with van der Waals surface area (Å²) >= 11 is 0. The maximum atomic E-state index is 13.8. The van der Waals surface area contributed by atoms with Crippen LogP contribution in [0.5, 0.6) is 0 Å². The van der Waals surface area contributed by atoms with Crippen LogP contribution in [-0.2, 0) is 21.4 Å². The van der Waals surface area contributed by atoms with E-state index in [-0.39, 0.29) is 35.5 Å². The van der Waals surface area contributed by atoms with Crippen molar-refractivity contribution in [2.24, 2.45) is 0 Å². The summed E-state index contributed by atoms with van der Waals surface area (Å²) in [6.45, 7) is 5.84. The van der Waals surface area contributed by atoms with Gasteiger partial charge in [0.05, 0.1) is 25.0 Å². The maximum absolute atomic E-state index is 13.8. The topological polar surface area (TPSA) is 178 Å². The third kappa shape index (κ3) is 7.64. The van der Waals surface area contributed by atoms with Crippen LogP contribution in [0.2, 0.25) is 0 Å². The number of aromatic nitrogens is 6. The molecule has 4 N–H and O–H groups in total. The van der Waals surface area contributed by atoms with Crippen LogP contribution in [0.3, 0.4) is 0 Å². The number of nitrogens with one attached hydrogen (secondary N) is 1. The highest BCUT2D eigenvalue weighted by atomic mass is 32.2. The summed E-state index contributed by atoms with van der Waals surface area (Å²) in [6, 6.07) is 0.176. The number of nitrogen functional groups attached to an aromatic ring is 1. The van der Waals surface area contributed by atoms with Crippen molar-refractivity contribution in [3.05, 3.63) is 12.4 Å². The van der Waals surface area contributed by atoms with Crippen LogP contribution in [0, 0.1) is 0 Å². The lowest BCUT2D eigenvalue weighted by Crippen LogP contribution is -2.55. The average Bonchev–Trinajstić information content (AvgIpc) is 3.20. The third-order valence-electron chi connectivity index (χ3n) is 5.97. The minimum absolute atomic E-state index is 0.0783. The highest BCUT2D eigenvalue weighted by Crippen LogP contribution is 2.33. The first-order valence-electron chi connectivity index (χ1n) is 12.4. The Morgan fingerprint density at radius 1 is 1.07 bits per heavy atom. The number of fused-ring (bicyclic) bond motifs is 1. The number of alkyl halides is 3. The fraction of sp³-hybridized carbons (Fsp3) is 0.591.